The first kappa shape index (κ1) is 11.1. The zero-order valence-electron chi connectivity index (χ0n) is 9.79. The third-order valence-corrected chi connectivity index (χ3v) is 3.27. The molecule has 0 saturated carbocycles. The first-order chi connectivity index (χ1) is 7.68. The molecule has 2 rings (SSSR count). The highest BCUT2D eigenvalue weighted by molar-refractivity contribution is 5.88. The topological polar surface area (TPSA) is 41.1 Å². The largest absolute Gasteiger partial charge is 0.353 e. The van der Waals surface area contributed by atoms with E-state index < -0.39 is 5.54 Å². The number of piperazine rings is 1. The molecule has 86 valence electrons. The Morgan fingerprint density at radius 2 is 1.88 bits per heavy atom. The Bertz CT molecular complexity index is 375. The number of carbonyl (C=O) groups is 1. The highest BCUT2D eigenvalue weighted by Gasteiger charge is 2.44. The van der Waals surface area contributed by atoms with Crippen molar-refractivity contribution in [2.45, 2.75) is 19.4 Å². The number of hydrogen-bond donors (Lipinski definition) is 2. The maximum Gasteiger partial charge on any atom is 0.245 e. The lowest BCUT2D eigenvalue weighted by Gasteiger charge is -2.40. The first-order valence-electron chi connectivity index (χ1n) is 5.77. The van der Waals surface area contributed by atoms with Crippen LogP contribution in [0.3, 0.4) is 0 Å². The Balaban J connectivity index is 2.47. The molecule has 0 radical (unpaired) electrons. The van der Waals surface area contributed by atoms with Gasteiger partial charge in [-0.2, -0.15) is 0 Å². The van der Waals surface area contributed by atoms with Gasteiger partial charge in [0, 0.05) is 13.1 Å². The van der Waals surface area contributed by atoms with Gasteiger partial charge < -0.3 is 5.32 Å². The van der Waals surface area contributed by atoms with E-state index in [1.807, 2.05) is 30.3 Å². The molecule has 1 heterocycles. The average Bonchev–Trinajstić information content (AvgIpc) is 2.30. The van der Waals surface area contributed by atoms with Gasteiger partial charge in [0.15, 0.2) is 0 Å². The first-order valence-corrected chi connectivity index (χ1v) is 5.77. The van der Waals surface area contributed by atoms with Gasteiger partial charge in [0.05, 0.1) is 0 Å². The molecule has 0 aromatic heterocycles. The zero-order chi connectivity index (χ0) is 11.6. The molecule has 1 aliphatic heterocycles. The molecule has 1 unspecified atom stereocenters. The Morgan fingerprint density at radius 3 is 2.44 bits per heavy atom. The molecular weight excluding hydrogens is 200 g/mol. The van der Waals surface area contributed by atoms with Crippen LogP contribution in [0.4, 0.5) is 0 Å². The summed E-state index contributed by atoms with van der Waals surface area (Å²) >= 11 is 0. The molecule has 1 aromatic rings. The van der Waals surface area contributed by atoms with Crippen LogP contribution in [0.1, 0.15) is 19.4 Å². The van der Waals surface area contributed by atoms with Crippen molar-refractivity contribution in [3.8, 4) is 0 Å². The summed E-state index contributed by atoms with van der Waals surface area (Å²) in [7, 11) is 0. The molecule has 1 atom stereocenters. The van der Waals surface area contributed by atoms with Crippen LogP contribution >= 0.6 is 0 Å². The zero-order valence-corrected chi connectivity index (χ0v) is 9.79. The molecule has 0 aliphatic carbocycles. The van der Waals surface area contributed by atoms with E-state index >= 15 is 0 Å². The second kappa shape index (κ2) is 4.26. The van der Waals surface area contributed by atoms with Gasteiger partial charge in [0.25, 0.3) is 0 Å². The van der Waals surface area contributed by atoms with Crippen molar-refractivity contribution in [3.05, 3.63) is 35.9 Å². The van der Waals surface area contributed by atoms with E-state index in [0.29, 0.717) is 6.54 Å². The molecule has 2 N–H and O–H groups in total. The van der Waals surface area contributed by atoms with Gasteiger partial charge in [-0.15, -0.1) is 0 Å². The van der Waals surface area contributed by atoms with Crippen LogP contribution < -0.4 is 10.6 Å². The Hall–Kier alpha value is -1.35. The monoisotopic (exact) mass is 218 g/mol. The van der Waals surface area contributed by atoms with Crippen molar-refractivity contribution < 1.29 is 4.79 Å². The standard InChI is InChI=1S/C13H18N2O/c1-10(2)13(11-6-4-3-5-7-11)12(16)14-8-9-15-13/h3-7,10,15H,8-9H2,1-2H3,(H,14,16). The fraction of sp³-hybridized carbons (Fsp3) is 0.462. The molecule has 3 nitrogen and oxygen atoms in total. The second-order valence-corrected chi connectivity index (χ2v) is 4.51. The lowest BCUT2D eigenvalue weighted by Crippen LogP contribution is -2.63. The molecule has 1 amide bonds. The minimum atomic E-state index is -0.570. The van der Waals surface area contributed by atoms with Crippen LogP contribution in [-0.2, 0) is 10.3 Å². The Kier molecular flexibility index (Phi) is 2.97. The summed E-state index contributed by atoms with van der Waals surface area (Å²) in [5.74, 6) is 0.301. The number of benzene rings is 1. The number of hydrogen-bond acceptors (Lipinski definition) is 2. The molecule has 3 heteroatoms. The Labute approximate surface area is 96.2 Å². The van der Waals surface area contributed by atoms with E-state index in [2.05, 4.69) is 24.5 Å². The summed E-state index contributed by atoms with van der Waals surface area (Å²) in [6, 6.07) is 9.94. The summed E-state index contributed by atoms with van der Waals surface area (Å²) in [5.41, 5.74) is 0.474. The lowest BCUT2D eigenvalue weighted by atomic mass is 9.78. The number of nitrogens with one attached hydrogen (secondary N) is 2. The molecule has 1 aliphatic rings. The molecule has 16 heavy (non-hydrogen) atoms. The van der Waals surface area contributed by atoms with Crippen LogP contribution in [-0.4, -0.2) is 19.0 Å². The third kappa shape index (κ3) is 1.61. The van der Waals surface area contributed by atoms with Crippen LogP contribution in [0.15, 0.2) is 30.3 Å². The maximum absolute atomic E-state index is 12.2. The summed E-state index contributed by atoms with van der Waals surface area (Å²) in [6.07, 6.45) is 0. The van der Waals surface area contributed by atoms with Crippen molar-refractivity contribution in [1.82, 2.24) is 10.6 Å². The fourth-order valence-electron chi connectivity index (χ4n) is 2.39. The van der Waals surface area contributed by atoms with Gasteiger partial charge in [0.2, 0.25) is 5.91 Å². The summed E-state index contributed by atoms with van der Waals surface area (Å²) in [4.78, 5) is 12.2. The normalized spacial score (nSPS) is 25.6. The van der Waals surface area contributed by atoms with Crippen molar-refractivity contribution >= 4 is 5.91 Å². The molecule has 0 spiro atoms. The van der Waals surface area contributed by atoms with E-state index in [9.17, 15) is 4.79 Å². The summed E-state index contributed by atoms with van der Waals surface area (Å²) in [6.45, 7) is 5.68. The molecular formula is C13H18N2O. The van der Waals surface area contributed by atoms with Gasteiger partial charge in [-0.3, -0.25) is 10.1 Å². The highest BCUT2D eigenvalue weighted by atomic mass is 16.2. The van der Waals surface area contributed by atoms with Crippen LogP contribution in [0.25, 0.3) is 0 Å². The van der Waals surface area contributed by atoms with Crippen molar-refractivity contribution in [2.24, 2.45) is 5.92 Å². The fourth-order valence-corrected chi connectivity index (χ4v) is 2.39. The number of rotatable bonds is 2. The van der Waals surface area contributed by atoms with E-state index in [4.69, 9.17) is 0 Å². The van der Waals surface area contributed by atoms with E-state index in [1.165, 1.54) is 0 Å². The number of amides is 1. The van der Waals surface area contributed by atoms with E-state index in [-0.39, 0.29) is 11.8 Å². The van der Waals surface area contributed by atoms with Crippen molar-refractivity contribution in [3.63, 3.8) is 0 Å². The molecule has 1 aromatic carbocycles. The molecule has 1 fully saturated rings. The predicted octanol–water partition coefficient (Wildman–Crippen LogP) is 1.26. The molecule has 0 bridgehead atoms. The minimum absolute atomic E-state index is 0.0833. The van der Waals surface area contributed by atoms with Gasteiger partial charge in [-0.25, -0.2) is 0 Å². The summed E-state index contributed by atoms with van der Waals surface area (Å²) in [5, 5.41) is 6.34. The lowest BCUT2D eigenvalue weighted by molar-refractivity contribution is -0.131. The second-order valence-electron chi connectivity index (χ2n) is 4.51. The Morgan fingerprint density at radius 1 is 1.19 bits per heavy atom. The van der Waals surface area contributed by atoms with Crippen LogP contribution in [0.2, 0.25) is 0 Å². The molecule has 1 saturated heterocycles. The van der Waals surface area contributed by atoms with Crippen LogP contribution in [0, 0.1) is 5.92 Å². The van der Waals surface area contributed by atoms with Crippen LogP contribution in [0.5, 0.6) is 0 Å². The van der Waals surface area contributed by atoms with Gasteiger partial charge in [-0.05, 0) is 11.5 Å². The van der Waals surface area contributed by atoms with E-state index in [1.54, 1.807) is 0 Å². The SMILES string of the molecule is CC(C)C1(c2ccccc2)NCCNC1=O. The van der Waals surface area contributed by atoms with Crippen molar-refractivity contribution in [2.75, 3.05) is 13.1 Å². The van der Waals surface area contributed by atoms with Gasteiger partial charge in [-0.1, -0.05) is 44.2 Å². The third-order valence-electron chi connectivity index (χ3n) is 3.27. The van der Waals surface area contributed by atoms with Crippen molar-refractivity contribution in [1.29, 1.82) is 0 Å². The average molecular weight is 218 g/mol. The predicted molar refractivity (Wildman–Crippen MR) is 64.0 cm³/mol. The quantitative estimate of drug-likeness (QED) is 0.784. The highest BCUT2D eigenvalue weighted by Crippen LogP contribution is 2.30. The minimum Gasteiger partial charge on any atom is -0.353 e. The maximum atomic E-state index is 12.2. The summed E-state index contributed by atoms with van der Waals surface area (Å²) < 4.78 is 0. The smallest absolute Gasteiger partial charge is 0.245 e. The van der Waals surface area contributed by atoms with E-state index in [0.717, 1.165) is 12.1 Å². The van der Waals surface area contributed by atoms with Gasteiger partial charge >= 0.3 is 0 Å². The van der Waals surface area contributed by atoms with Gasteiger partial charge in [0.1, 0.15) is 5.54 Å². The number of carbonyl (C=O) groups excluding carboxylic acids is 1.